The number of aryl methyl sites for hydroxylation is 1. The zero-order chi connectivity index (χ0) is 19.2. The van der Waals surface area contributed by atoms with E-state index in [1.54, 1.807) is 31.4 Å². The highest BCUT2D eigenvalue weighted by molar-refractivity contribution is 5.92. The van der Waals surface area contributed by atoms with Gasteiger partial charge in [0.15, 0.2) is 11.5 Å². The first-order valence-electron chi connectivity index (χ1n) is 8.36. The number of nitrogens with zero attached hydrogens (tertiary/aromatic N) is 1. The van der Waals surface area contributed by atoms with Crippen LogP contribution in [0.2, 0.25) is 0 Å². The van der Waals surface area contributed by atoms with E-state index in [1.807, 2.05) is 25.1 Å². The topological polar surface area (TPSA) is 60.5 Å². The van der Waals surface area contributed by atoms with Crippen LogP contribution < -0.4 is 14.8 Å². The zero-order valence-corrected chi connectivity index (χ0v) is 15.0. The maximum absolute atomic E-state index is 12.9. The molecule has 3 aromatic rings. The number of aromatic nitrogens is 1. The molecule has 1 N–H and O–H groups in total. The van der Waals surface area contributed by atoms with Gasteiger partial charge < -0.3 is 14.8 Å². The Morgan fingerprint density at radius 3 is 2.52 bits per heavy atom. The Morgan fingerprint density at radius 1 is 1.07 bits per heavy atom. The van der Waals surface area contributed by atoms with E-state index >= 15 is 0 Å². The lowest BCUT2D eigenvalue weighted by atomic mass is 10.1. The van der Waals surface area contributed by atoms with Crippen LogP contribution in [0.5, 0.6) is 17.4 Å². The minimum absolute atomic E-state index is 0.152. The van der Waals surface area contributed by atoms with E-state index in [9.17, 15) is 9.18 Å². The molecule has 1 heterocycles. The molecule has 1 amide bonds. The lowest BCUT2D eigenvalue weighted by Gasteiger charge is -2.11. The third-order valence-corrected chi connectivity index (χ3v) is 3.83. The molecule has 0 bridgehead atoms. The summed E-state index contributed by atoms with van der Waals surface area (Å²) in [6.45, 7) is 1.97. The average molecular weight is 366 g/mol. The lowest BCUT2D eigenvalue weighted by molar-refractivity contribution is -0.115. The predicted octanol–water partition coefficient (Wildman–Crippen LogP) is 4.51. The number of carbonyl (C=O) groups is 1. The van der Waals surface area contributed by atoms with E-state index in [-0.39, 0.29) is 18.1 Å². The van der Waals surface area contributed by atoms with E-state index in [0.29, 0.717) is 23.1 Å². The van der Waals surface area contributed by atoms with Gasteiger partial charge in [0, 0.05) is 6.07 Å². The number of nitrogens with one attached hydrogen (secondary N) is 1. The Hall–Kier alpha value is -3.41. The number of pyridine rings is 1. The minimum atomic E-state index is -0.329. The molecular formula is C21H19FN2O3. The molecule has 27 heavy (non-hydrogen) atoms. The molecule has 0 spiro atoms. The van der Waals surface area contributed by atoms with Crippen LogP contribution in [0.15, 0.2) is 60.8 Å². The quantitative estimate of drug-likeness (QED) is 0.697. The zero-order valence-electron chi connectivity index (χ0n) is 15.0. The van der Waals surface area contributed by atoms with Gasteiger partial charge in [0.2, 0.25) is 11.8 Å². The van der Waals surface area contributed by atoms with Crippen molar-refractivity contribution in [1.82, 2.24) is 4.98 Å². The number of rotatable bonds is 6. The van der Waals surface area contributed by atoms with Gasteiger partial charge in [0.25, 0.3) is 0 Å². The normalized spacial score (nSPS) is 10.3. The largest absolute Gasteiger partial charge is 0.493 e. The SMILES string of the molecule is COc1cc(C)ccc1Oc1ccc(NC(=O)Cc2ccc(F)cc2)cn1. The summed E-state index contributed by atoms with van der Waals surface area (Å²) in [6.07, 6.45) is 1.66. The molecule has 0 saturated carbocycles. The molecule has 0 saturated heterocycles. The van der Waals surface area contributed by atoms with Crippen molar-refractivity contribution >= 4 is 11.6 Å². The molecule has 6 heteroatoms. The van der Waals surface area contributed by atoms with E-state index < -0.39 is 0 Å². The highest BCUT2D eigenvalue weighted by Gasteiger charge is 2.08. The van der Waals surface area contributed by atoms with E-state index in [1.165, 1.54) is 18.3 Å². The van der Waals surface area contributed by atoms with E-state index in [4.69, 9.17) is 9.47 Å². The van der Waals surface area contributed by atoms with Crippen LogP contribution in [0.1, 0.15) is 11.1 Å². The molecule has 0 fully saturated rings. The number of anilines is 1. The standard InChI is InChI=1S/C21H19FN2O3/c1-14-3-9-18(19(11-14)26-2)27-21-10-8-17(13-23-21)24-20(25)12-15-4-6-16(22)7-5-15/h3-11,13H,12H2,1-2H3,(H,24,25). The van der Waals surface area contributed by atoms with Crippen LogP contribution in [0.4, 0.5) is 10.1 Å². The summed E-state index contributed by atoms with van der Waals surface area (Å²) >= 11 is 0. The van der Waals surface area contributed by atoms with E-state index in [2.05, 4.69) is 10.3 Å². The smallest absolute Gasteiger partial charge is 0.228 e. The van der Waals surface area contributed by atoms with Crippen LogP contribution in [0, 0.1) is 12.7 Å². The highest BCUT2D eigenvalue weighted by atomic mass is 19.1. The van der Waals surface area contributed by atoms with Crippen molar-refractivity contribution in [2.75, 3.05) is 12.4 Å². The number of hydrogen-bond acceptors (Lipinski definition) is 4. The van der Waals surface area contributed by atoms with E-state index in [0.717, 1.165) is 11.1 Å². The Kier molecular flexibility index (Phi) is 5.66. The van der Waals surface area contributed by atoms with Crippen molar-refractivity contribution in [2.45, 2.75) is 13.3 Å². The van der Waals surface area contributed by atoms with Crippen LogP contribution in [0.25, 0.3) is 0 Å². The summed E-state index contributed by atoms with van der Waals surface area (Å²) < 4.78 is 23.9. The number of halogens is 1. The van der Waals surface area contributed by atoms with Gasteiger partial charge in [0.05, 0.1) is 25.4 Å². The Morgan fingerprint density at radius 2 is 1.85 bits per heavy atom. The Balaban J connectivity index is 1.61. The third-order valence-electron chi connectivity index (χ3n) is 3.83. The molecule has 5 nitrogen and oxygen atoms in total. The summed E-state index contributed by atoms with van der Waals surface area (Å²) in [5.41, 5.74) is 2.34. The summed E-state index contributed by atoms with van der Waals surface area (Å²) in [5, 5.41) is 2.75. The molecule has 0 radical (unpaired) electrons. The maximum Gasteiger partial charge on any atom is 0.228 e. The molecule has 0 aliphatic carbocycles. The van der Waals surface area contributed by atoms with Gasteiger partial charge in [-0.25, -0.2) is 9.37 Å². The van der Waals surface area contributed by atoms with Gasteiger partial charge in [-0.3, -0.25) is 4.79 Å². The van der Waals surface area contributed by atoms with Crippen LogP contribution in [-0.2, 0) is 11.2 Å². The van der Waals surface area contributed by atoms with Crippen LogP contribution >= 0.6 is 0 Å². The Labute approximate surface area is 156 Å². The first-order chi connectivity index (χ1) is 13.0. The van der Waals surface area contributed by atoms with Gasteiger partial charge >= 0.3 is 0 Å². The molecule has 0 aliphatic rings. The minimum Gasteiger partial charge on any atom is -0.493 e. The highest BCUT2D eigenvalue weighted by Crippen LogP contribution is 2.31. The molecule has 0 atom stereocenters. The first-order valence-corrected chi connectivity index (χ1v) is 8.36. The van der Waals surface area contributed by atoms with Crippen molar-refractivity contribution in [2.24, 2.45) is 0 Å². The second-order valence-corrected chi connectivity index (χ2v) is 5.99. The molecular weight excluding hydrogens is 347 g/mol. The fourth-order valence-electron chi connectivity index (χ4n) is 2.48. The van der Waals surface area contributed by atoms with Gasteiger partial charge in [-0.2, -0.15) is 0 Å². The van der Waals surface area contributed by atoms with Gasteiger partial charge in [0.1, 0.15) is 5.82 Å². The van der Waals surface area contributed by atoms with Crippen molar-refractivity contribution in [3.05, 3.63) is 77.7 Å². The summed E-state index contributed by atoms with van der Waals surface area (Å²) in [5.74, 6) is 1.02. The monoisotopic (exact) mass is 366 g/mol. The maximum atomic E-state index is 12.9. The number of benzene rings is 2. The van der Waals surface area contributed by atoms with Gasteiger partial charge in [-0.15, -0.1) is 0 Å². The molecule has 0 unspecified atom stereocenters. The average Bonchev–Trinajstić information content (AvgIpc) is 2.66. The fraction of sp³-hybridized carbons (Fsp3) is 0.143. The van der Waals surface area contributed by atoms with Crippen LogP contribution in [-0.4, -0.2) is 18.0 Å². The number of amides is 1. The van der Waals surface area contributed by atoms with Crippen molar-refractivity contribution in [3.63, 3.8) is 0 Å². The lowest BCUT2D eigenvalue weighted by Crippen LogP contribution is -2.14. The number of hydrogen-bond donors (Lipinski definition) is 1. The molecule has 138 valence electrons. The summed E-state index contributed by atoms with van der Waals surface area (Å²) in [7, 11) is 1.58. The van der Waals surface area contributed by atoms with Crippen molar-refractivity contribution in [3.8, 4) is 17.4 Å². The number of ether oxygens (including phenoxy) is 2. The summed E-state index contributed by atoms with van der Waals surface area (Å²) in [4.78, 5) is 16.3. The predicted molar refractivity (Wildman–Crippen MR) is 101 cm³/mol. The molecule has 2 aromatic carbocycles. The number of carbonyl (C=O) groups excluding carboxylic acids is 1. The third kappa shape index (κ3) is 5.04. The molecule has 1 aromatic heterocycles. The van der Waals surface area contributed by atoms with Gasteiger partial charge in [-0.05, 0) is 48.4 Å². The molecule has 3 rings (SSSR count). The molecule has 0 aliphatic heterocycles. The second kappa shape index (κ2) is 8.31. The van der Waals surface area contributed by atoms with Crippen molar-refractivity contribution in [1.29, 1.82) is 0 Å². The summed E-state index contributed by atoms with van der Waals surface area (Å²) in [6, 6.07) is 14.8. The first kappa shape index (κ1) is 18.4. The van der Waals surface area contributed by atoms with Crippen molar-refractivity contribution < 1.29 is 18.7 Å². The second-order valence-electron chi connectivity index (χ2n) is 5.99. The van der Waals surface area contributed by atoms with Crippen LogP contribution in [0.3, 0.4) is 0 Å². The number of methoxy groups -OCH3 is 1. The fourth-order valence-corrected chi connectivity index (χ4v) is 2.48. The van der Waals surface area contributed by atoms with Gasteiger partial charge in [-0.1, -0.05) is 18.2 Å². The Bertz CT molecular complexity index is 925.